The van der Waals surface area contributed by atoms with Gasteiger partial charge in [0.1, 0.15) is 35.7 Å². The lowest BCUT2D eigenvalue weighted by atomic mass is 9.99. The highest BCUT2D eigenvalue weighted by atomic mass is 16.7. The molecule has 0 unspecified atom stereocenters. The molecule has 0 aliphatic carbocycles. The summed E-state index contributed by atoms with van der Waals surface area (Å²) < 4.78 is 21.0. The lowest BCUT2D eigenvalue weighted by Gasteiger charge is -2.39. The zero-order chi connectivity index (χ0) is 19.7. The van der Waals surface area contributed by atoms with Gasteiger partial charge in [0.25, 0.3) is 0 Å². The van der Waals surface area contributed by atoms with Gasteiger partial charge in [-0.25, -0.2) is 4.79 Å². The van der Waals surface area contributed by atoms with Crippen molar-refractivity contribution in [3.05, 3.63) is 28.6 Å². The molecule has 5 N–H and O–H groups in total. The van der Waals surface area contributed by atoms with Crippen LogP contribution in [0, 0.1) is 0 Å². The van der Waals surface area contributed by atoms with Crippen LogP contribution in [-0.4, -0.2) is 69.5 Å². The molecule has 0 saturated carbocycles. The summed E-state index contributed by atoms with van der Waals surface area (Å²) in [4.78, 5) is 11.9. The standard InChI is InChI=1S/C17H20O10/c1-2-24-7-3-4-8-9(5-7)25-16(23)14(22)15(8)27-17-13(21)12(20)11(19)10(6-18)26-17/h3-5,10-13,17-22H,2,6H2,1H3/t10-,11-,12+,13-,17+/m1/s1. The average molecular weight is 384 g/mol. The molecular weight excluding hydrogens is 364 g/mol. The van der Waals surface area contributed by atoms with E-state index in [4.69, 9.17) is 18.6 Å². The second kappa shape index (κ2) is 7.71. The van der Waals surface area contributed by atoms with Gasteiger partial charge in [0, 0.05) is 6.07 Å². The third-order valence-corrected chi connectivity index (χ3v) is 4.20. The summed E-state index contributed by atoms with van der Waals surface area (Å²) in [6.45, 7) is 1.53. The van der Waals surface area contributed by atoms with Crippen LogP contribution in [0.2, 0.25) is 0 Å². The monoisotopic (exact) mass is 384 g/mol. The van der Waals surface area contributed by atoms with Gasteiger partial charge in [-0.05, 0) is 19.1 Å². The Morgan fingerprint density at radius 1 is 1.15 bits per heavy atom. The SMILES string of the molecule is CCOc1ccc2c(O[C@@H]3O[C@H](CO)[C@@H](O)[C@H](O)[C@H]3O)c(O)c(=O)oc2c1. The van der Waals surface area contributed by atoms with Crippen LogP contribution in [0.1, 0.15) is 6.92 Å². The van der Waals surface area contributed by atoms with E-state index in [1.165, 1.54) is 12.1 Å². The highest BCUT2D eigenvalue weighted by Crippen LogP contribution is 2.36. The Morgan fingerprint density at radius 3 is 2.56 bits per heavy atom. The number of hydrogen-bond acceptors (Lipinski definition) is 10. The molecule has 10 nitrogen and oxygen atoms in total. The molecule has 1 fully saturated rings. The third-order valence-electron chi connectivity index (χ3n) is 4.20. The number of fused-ring (bicyclic) bond motifs is 1. The number of aromatic hydroxyl groups is 1. The molecule has 1 aliphatic rings. The molecule has 27 heavy (non-hydrogen) atoms. The molecule has 2 heterocycles. The van der Waals surface area contributed by atoms with E-state index in [-0.39, 0.29) is 16.7 Å². The van der Waals surface area contributed by atoms with Crippen molar-refractivity contribution in [1.29, 1.82) is 0 Å². The largest absolute Gasteiger partial charge is 0.499 e. The molecule has 5 atom stereocenters. The van der Waals surface area contributed by atoms with Crippen molar-refractivity contribution >= 4 is 11.0 Å². The Kier molecular flexibility index (Phi) is 5.53. The molecule has 1 aromatic heterocycles. The summed E-state index contributed by atoms with van der Waals surface area (Å²) in [7, 11) is 0. The summed E-state index contributed by atoms with van der Waals surface area (Å²) in [5.74, 6) is -0.769. The van der Waals surface area contributed by atoms with E-state index in [0.717, 1.165) is 0 Å². The van der Waals surface area contributed by atoms with Crippen LogP contribution in [-0.2, 0) is 4.74 Å². The minimum absolute atomic E-state index is 0.0586. The van der Waals surface area contributed by atoms with E-state index in [1.54, 1.807) is 13.0 Å². The zero-order valence-electron chi connectivity index (χ0n) is 14.3. The van der Waals surface area contributed by atoms with Gasteiger partial charge in [0.05, 0.1) is 18.6 Å². The molecule has 0 bridgehead atoms. The second-order valence-corrected chi connectivity index (χ2v) is 5.97. The van der Waals surface area contributed by atoms with Crippen LogP contribution in [0.15, 0.2) is 27.4 Å². The maximum absolute atomic E-state index is 11.9. The van der Waals surface area contributed by atoms with Gasteiger partial charge in [-0.1, -0.05) is 0 Å². The van der Waals surface area contributed by atoms with E-state index in [2.05, 4.69) is 0 Å². The number of hydrogen-bond donors (Lipinski definition) is 5. The summed E-state index contributed by atoms with van der Waals surface area (Å²) in [6.07, 6.45) is -7.70. The molecule has 1 aromatic carbocycles. The molecule has 0 radical (unpaired) electrons. The molecule has 148 valence electrons. The lowest BCUT2D eigenvalue weighted by Crippen LogP contribution is -2.60. The fourth-order valence-corrected chi connectivity index (χ4v) is 2.80. The van der Waals surface area contributed by atoms with Crippen molar-refractivity contribution in [3.8, 4) is 17.2 Å². The summed E-state index contributed by atoms with van der Waals surface area (Å²) in [6, 6.07) is 4.47. The minimum atomic E-state index is -1.70. The van der Waals surface area contributed by atoms with Crippen LogP contribution >= 0.6 is 0 Å². The highest BCUT2D eigenvalue weighted by molar-refractivity contribution is 5.86. The van der Waals surface area contributed by atoms with Crippen molar-refractivity contribution in [2.24, 2.45) is 0 Å². The van der Waals surface area contributed by atoms with E-state index < -0.39 is 48.7 Å². The summed E-state index contributed by atoms with van der Waals surface area (Å²) in [5, 5.41) is 49.2. The Hall–Kier alpha value is -2.37. The maximum Gasteiger partial charge on any atom is 0.382 e. The first-order chi connectivity index (χ1) is 12.9. The molecule has 2 aromatic rings. The first-order valence-corrected chi connectivity index (χ1v) is 8.27. The third kappa shape index (κ3) is 3.57. The van der Waals surface area contributed by atoms with Gasteiger partial charge in [-0.15, -0.1) is 0 Å². The number of rotatable bonds is 5. The number of aliphatic hydroxyl groups is 4. The molecule has 0 amide bonds. The fraction of sp³-hybridized carbons (Fsp3) is 0.471. The van der Waals surface area contributed by atoms with Crippen LogP contribution in [0.5, 0.6) is 17.2 Å². The highest BCUT2D eigenvalue weighted by Gasteiger charge is 2.45. The summed E-state index contributed by atoms with van der Waals surface area (Å²) >= 11 is 0. The molecule has 3 rings (SSSR count). The quantitative estimate of drug-likeness (QED) is 0.408. The van der Waals surface area contributed by atoms with Crippen LogP contribution in [0.25, 0.3) is 11.0 Å². The van der Waals surface area contributed by atoms with Gasteiger partial charge < -0.3 is 44.2 Å². The Morgan fingerprint density at radius 2 is 1.89 bits per heavy atom. The Labute approximate surface area is 152 Å². The van der Waals surface area contributed by atoms with Gasteiger partial charge in [-0.2, -0.15) is 0 Å². The van der Waals surface area contributed by atoms with Crippen molar-refractivity contribution in [2.45, 2.75) is 37.6 Å². The molecule has 10 heteroatoms. The summed E-state index contributed by atoms with van der Waals surface area (Å²) in [5.41, 5.74) is -1.03. The fourth-order valence-electron chi connectivity index (χ4n) is 2.80. The van der Waals surface area contributed by atoms with Crippen molar-refractivity contribution in [1.82, 2.24) is 0 Å². The number of aliphatic hydroxyl groups excluding tert-OH is 4. The molecular formula is C17H20O10. The molecule has 1 aliphatic heterocycles. The topological polar surface area (TPSA) is 159 Å². The van der Waals surface area contributed by atoms with Crippen LogP contribution in [0.3, 0.4) is 0 Å². The Bertz CT molecular complexity index is 861. The maximum atomic E-state index is 11.9. The van der Waals surface area contributed by atoms with E-state index >= 15 is 0 Å². The number of ether oxygens (including phenoxy) is 3. The van der Waals surface area contributed by atoms with E-state index in [1.807, 2.05) is 0 Å². The van der Waals surface area contributed by atoms with Gasteiger partial charge in [-0.3, -0.25) is 0 Å². The van der Waals surface area contributed by atoms with E-state index in [0.29, 0.717) is 12.4 Å². The van der Waals surface area contributed by atoms with Crippen molar-refractivity contribution in [2.75, 3.05) is 13.2 Å². The van der Waals surface area contributed by atoms with Crippen LogP contribution in [0.4, 0.5) is 0 Å². The lowest BCUT2D eigenvalue weighted by molar-refractivity contribution is -0.277. The smallest absolute Gasteiger partial charge is 0.382 e. The predicted molar refractivity (Wildman–Crippen MR) is 89.7 cm³/mol. The zero-order valence-corrected chi connectivity index (χ0v) is 14.3. The average Bonchev–Trinajstić information content (AvgIpc) is 2.65. The van der Waals surface area contributed by atoms with Crippen LogP contribution < -0.4 is 15.1 Å². The van der Waals surface area contributed by atoms with Gasteiger partial charge in [0.15, 0.2) is 5.75 Å². The molecule has 1 saturated heterocycles. The Balaban J connectivity index is 2.00. The normalized spacial score (nSPS) is 28.3. The van der Waals surface area contributed by atoms with Gasteiger partial charge in [0.2, 0.25) is 12.0 Å². The van der Waals surface area contributed by atoms with E-state index in [9.17, 15) is 30.3 Å². The predicted octanol–water partition coefficient (Wildman–Crippen LogP) is -0.924. The molecule has 0 spiro atoms. The van der Waals surface area contributed by atoms with Crippen molar-refractivity contribution < 1.29 is 44.2 Å². The minimum Gasteiger partial charge on any atom is -0.499 e. The van der Waals surface area contributed by atoms with Gasteiger partial charge >= 0.3 is 5.63 Å². The number of benzene rings is 1. The van der Waals surface area contributed by atoms with Crippen molar-refractivity contribution in [3.63, 3.8) is 0 Å². The first kappa shape index (κ1) is 19.4. The first-order valence-electron chi connectivity index (χ1n) is 8.27. The second-order valence-electron chi connectivity index (χ2n) is 5.97.